The number of benzene rings is 2. The Hall–Kier alpha value is -2.67. The Morgan fingerprint density at radius 1 is 1.13 bits per heavy atom. The van der Waals surface area contributed by atoms with E-state index in [4.69, 9.17) is 8.92 Å². The second-order valence-corrected chi connectivity index (χ2v) is 9.95. The van der Waals surface area contributed by atoms with Crippen LogP contribution in [0.4, 0.5) is 0 Å². The molecule has 0 spiro atoms. The predicted octanol–water partition coefficient (Wildman–Crippen LogP) is 5.02. The minimum Gasteiger partial charge on any atom is -0.456 e. The van der Waals surface area contributed by atoms with Gasteiger partial charge >= 0.3 is 16.1 Å². The predicted molar refractivity (Wildman–Crippen MR) is 119 cm³/mol. The molecule has 3 aromatic rings. The Morgan fingerprint density at radius 3 is 2.47 bits per heavy atom. The lowest BCUT2D eigenvalue weighted by molar-refractivity contribution is 0.00706. The number of para-hydroxylation sites is 1. The highest BCUT2D eigenvalue weighted by Crippen LogP contribution is 2.35. The highest BCUT2D eigenvalue weighted by molar-refractivity contribution is 7.86. The summed E-state index contributed by atoms with van der Waals surface area (Å²) in [5, 5.41) is 1.36. The van der Waals surface area contributed by atoms with E-state index in [1.807, 2.05) is 51.1 Å². The van der Waals surface area contributed by atoms with Crippen LogP contribution >= 0.6 is 0 Å². The van der Waals surface area contributed by atoms with Gasteiger partial charge in [0.2, 0.25) is 0 Å². The Labute approximate surface area is 177 Å². The van der Waals surface area contributed by atoms with Crippen LogP contribution in [0.3, 0.4) is 0 Å². The maximum absolute atomic E-state index is 13.2. The maximum Gasteiger partial charge on any atom is 0.339 e. The van der Waals surface area contributed by atoms with Crippen molar-refractivity contribution < 1.29 is 22.1 Å². The molecule has 0 N–H and O–H groups in total. The van der Waals surface area contributed by atoms with Crippen LogP contribution in [0, 0.1) is 0 Å². The minimum absolute atomic E-state index is 0.122. The third-order valence-electron chi connectivity index (χ3n) is 4.50. The number of rotatable bonds is 6. The average Bonchev–Trinajstić information content (AvgIpc) is 2.62. The van der Waals surface area contributed by atoms with Gasteiger partial charge in [0, 0.05) is 10.8 Å². The number of hydrogen-bond acceptors (Lipinski definition) is 6. The van der Waals surface area contributed by atoms with E-state index in [2.05, 4.69) is 11.9 Å². The summed E-state index contributed by atoms with van der Waals surface area (Å²) in [6.45, 7) is 7.49. The molecule has 0 amide bonds. The molecule has 1 aromatic heterocycles. The number of esters is 1. The Bertz CT molecular complexity index is 1210. The summed E-state index contributed by atoms with van der Waals surface area (Å²) in [7, 11) is -3.78. The van der Waals surface area contributed by atoms with Gasteiger partial charge in [-0.25, -0.2) is 9.78 Å². The van der Waals surface area contributed by atoms with E-state index >= 15 is 0 Å². The number of aromatic nitrogens is 1. The van der Waals surface area contributed by atoms with Gasteiger partial charge in [-0.15, -0.1) is 0 Å². The molecule has 6 nitrogen and oxygen atoms in total. The first kappa shape index (κ1) is 22.0. The number of unbranched alkanes of at least 4 members (excludes halogenated alkanes) is 1. The van der Waals surface area contributed by atoms with Crippen LogP contribution < -0.4 is 4.18 Å². The van der Waals surface area contributed by atoms with Crippen molar-refractivity contribution in [1.29, 1.82) is 0 Å². The van der Waals surface area contributed by atoms with Crippen LogP contribution in [0.2, 0.25) is 0 Å². The van der Waals surface area contributed by atoms with Crippen molar-refractivity contribution in [3.8, 4) is 5.75 Å². The zero-order valence-corrected chi connectivity index (χ0v) is 18.8. The Balaban J connectivity index is 2.38. The average molecular weight is 430 g/mol. The van der Waals surface area contributed by atoms with E-state index in [1.165, 1.54) is 0 Å². The lowest BCUT2D eigenvalue weighted by atomic mass is 9.95. The molecular formula is C23H27NO5S. The molecule has 0 bridgehead atoms. The van der Waals surface area contributed by atoms with Gasteiger partial charge in [0.1, 0.15) is 11.1 Å². The van der Waals surface area contributed by atoms with Crippen molar-refractivity contribution in [3.63, 3.8) is 0 Å². The van der Waals surface area contributed by atoms with Crippen molar-refractivity contribution in [1.82, 2.24) is 4.98 Å². The molecule has 1 heterocycles. The standard InChI is InChI=1S/C23H27NO5S/c1-6-7-10-16-14-19(29-30(5,26)27)21-17(20(16)22(25)28-23(2,3)4)13-15-11-8-9-12-18(15)24-21/h8-9,11-14H,6-7,10H2,1-5H3. The highest BCUT2D eigenvalue weighted by atomic mass is 32.2. The molecular weight excluding hydrogens is 402 g/mol. The third kappa shape index (κ3) is 5.08. The van der Waals surface area contributed by atoms with Gasteiger partial charge < -0.3 is 8.92 Å². The number of carbonyl (C=O) groups is 1. The smallest absolute Gasteiger partial charge is 0.339 e. The van der Waals surface area contributed by atoms with Crippen LogP contribution in [0.1, 0.15) is 56.5 Å². The van der Waals surface area contributed by atoms with E-state index in [0.29, 0.717) is 34.0 Å². The number of hydrogen-bond donors (Lipinski definition) is 0. The van der Waals surface area contributed by atoms with Crippen LogP contribution in [0.15, 0.2) is 36.4 Å². The fourth-order valence-corrected chi connectivity index (χ4v) is 3.78. The second-order valence-electron chi connectivity index (χ2n) is 8.38. The van der Waals surface area contributed by atoms with Gasteiger partial charge in [-0.3, -0.25) is 0 Å². The Morgan fingerprint density at radius 2 is 1.83 bits per heavy atom. The first-order chi connectivity index (χ1) is 14.0. The van der Waals surface area contributed by atoms with E-state index < -0.39 is 21.7 Å². The lowest BCUT2D eigenvalue weighted by Crippen LogP contribution is -2.25. The van der Waals surface area contributed by atoms with Gasteiger partial charge in [0.15, 0.2) is 5.75 Å². The molecule has 0 saturated carbocycles. The van der Waals surface area contributed by atoms with Gasteiger partial charge in [0.05, 0.1) is 17.3 Å². The summed E-state index contributed by atoms with van der Waals surface area (Å²) in [6.07, 6.45) is 3.34. The van der Waals surface area contributed by atoms with Crippen LogP contribution in [0.5, 0.6) is 5.75 Å². The SMILES string of the molecule is CCCCc1cc(OS(C)(=O)=O)c2nc3ccccc3cc2c1C(=O)OC(C)(C)C. The van der Waals surface area contributed by atoms with Gasteiger partial charge in [0.25, 0.3) is 0 Å². The monoisotopic (exact) mass is 429 g/mol. The minimum atomic E-state index is -3.78. The summed E-state index contributed by atoms with van der Waals surface area (Å²) >= 11 is 0. The third-order valence-corrected chi connectivity index (χ3v) is 4.98. The molecule has 7 heteroatoms. The quantitative estimate of drug-likeness (QED) is 0.311. The largest absolute Gasteiger partial charge is 0.456 e. The molecule has 0 aliphatic heterocycles. The zero-order chi connectivity index (χ0) is 22.1. The van der Waals surface area contributed by atoms with Crippen LogP contribution in [-0.4, -0.2) is 31.2 Å². The van der Waals surface area contributed by atoms with Crippen molar-refractivity contribution in [2.45, 2.75) is 52.6 Å². The number of aryl methyl sites for hydroxylation is 1. The maximum atomic E-state index is 13.2. The summed E-state index contributed by atoms with van der Waals surface area (Å²) in [4.78, 5) is 17.8. The fourth-order valence-electron chi connectivity index (χ4n) is 3.33. The molecule has 0 radical (unpaired) electrons. The van der Waals surface area contributed by atoms with Crippen LogP contribution in [0.25, 0.3) is 21.8 Å². The summed E-state index contributed by atoms with van der Waals surface area (Å²) in [5.41, 5.74) is 1.43. The highest BCUT2D eigenvalue weighted by Gasteiger charge is 2.26. The fraction of sp³-hybridized carbons (Fsp3) is 0.391. The molecule has 0 atom stereocenters. The second kappa shape index (κ2) is 8.22. The lowest BCUT2D eigenvalue weighted by Gasteiger charge is -2.22. The number of nitrogens with zero attached hydrogens (tertiary/aromatic N) is 1. The number of ether oxygens (including phenoxy) is 1. The summed E-state index contributed by atoms with van der Waals surface area (Å²) in [5.74, 6) is -0.335. The molecule has 160 valence electrons. The molecule has 30 heavy (non-hydrogen) atoms. The summed E-state index contributed by atoms with van der Waals surface area (Å²) < 4.78 is 34.8. The van der Waals surface area contributed by atoms with E-state index in [9.17, 15) is 13.2 Å². The van der Waals surface area contributed by atoms with E-state index in [1.54, 1.807) is 6.07 Å². The Kier molecular flexibility index (Phi) is 6.04. The molecule has 0 unspecified atom stereocenters. The normalized spacial score (nSPS) is 12.3. The molecule has 2 aromatic carbocycles. The van der Waals surface area contributed by atoms with Gasteiger partial charge in [-0.05, 0) is 57.4 Å². The number of pyridine rings is 1. The van der Waals surface area contributed by atoms with Crippen molar-refractivity contribution in [2.75, 3.05) is 6.26 Å². The van der Waals surface area contributed by atoms with Crippen molar-refractivity contribution in [3.05, 3.63) is 47.5 Å². The zero-order valence-electron chi connectivity index (χ0n) is 18.0. The molecule has 0 aliphatic rings. The summed E-state index contributed by atoms with van der Waals surface area (Å²) in [6, 6.07) is 10.9. The van der Waals surface area contributed by atoms with E-state index in [-0.39, 0.29) is 5.75 Å². The van der Waals surface area contributed by atoms with E-state index in [0.717, 1.165) is 24.5 Å². The van der Waals surface area contributed by atoms with Crippen molar-refractivity contribution >= 4 is 37.9 Å². The number of carbonyl (C=O) groups excluding carboxylic acids is 1. The molecule has 0 fully saturated rings. The van der Waals surface area contributed by atoms with Crippen LogP contribution in [-0.2, 0) is 21.3 Å². The molecule has 3 rings (SSSR count). The van der Waals surface area contributed by atoms with Crippen molar-refractivity contribution in [2.24, 2.45) is 0 Å². The first-order valence-corrected chi connectivity index (χ1v) is 11.8. The van der Waals surface area contributed by atoms with Gasteiger partial charge in [-0.2, -0.15) is 8.42 Å². The first-order valence-electron chi connectivity index (χ1n) is 9.96. The van der Waals surface area contributed by atoms with Gasteiger partial charge in [-0.1, -0.05) is 31.5 Å². The topological polar surface area (TPSA) is 82.6 Å². The molecule has 0 aliphatic carbocycles. The molecule has 0 saturated heterocycles. The number of fused-ring (bicyclic) bond motifs is 2.